The number of benzene rings is 2. The Kier molecular flexibility index (Phi) is 9.12. The molecular weight excluding hydrogens is 608 g/mol. The number of fused-ring (bicyclic) bond motifs is 4. The molecule has 1 spiro atoms. The van der Waals surface area contributed by atoms with E-state index in [0.29, 0.717) is 38.3 Å². The molecule has 0 unspecified atom stereocenters. The van der Waals surface area contributed by atoms with E-state index in [1.807, 2.05) is 45.1 Å². The van der Waals surface area contributed by atoms with E-state index >= 15 is 0 Å². The van der Waals surface area contributed by atoms with Gasteiger partial charge in [0, 0.05) is 29.1 Å². The average Bonchev–Trinajstić information content (AvgIpc) is 3.11. The fourth-order valence-electron chi connectivity index (χ4n) is 7.82. The number of hydrogen-bond acceptors (Lipinski definition) is 6. The quantitative estimate of drug-likeness (QED) is 0.356. The SMILES string of the molecule is CC(C)=CC[C@H]1[C@@H](C)C/C=C\[C@H](O)[C@@H]2CC[C@H]2CN2C[C@@]3(CCCc4cc(Cl)ccc43)COc3ccc(cc32)C(=O)NS1(=O)=O. The molecule has 2 aliphatic carbocycles. The van der Waals surface area contributed by atoms with Crippen LogP contribution in [0, 0.1) is 17.8 Å². The summed E-state index contributed by atoms with van der Waals surface area (Å²) < 4.78 is 36.4. The van der Waals surface area contributed by atoms with Crippen LogP contribution < -0.4 is 14.4 Å². The third-order valence-corrected chi connectivity index (χ3v) is 12.7. The highest BCUT2D eigenvalue weighted by Crippen LogP contribution is 2.46. The Labute approximate surface area is 272 Å². The summed E-state index contributed by atoms with van der Waals surface area (Å²) in [5.41, 5.74) is 4.33. The number of aliphatic hydroxyl groups excluding tert-OH is 1. The number of hydrogen-bond donors (Lipinski definition) is 2. The number of nitrogens with zero attached hydrogens (tertiary/aromatic N) is 1. The van der Waals surface area contributed by atoms with E-state index < -0.39 is 27.3 Å². The topological polar surface area (TPSA) is 95.9 Å². The lowest BCUT2D eigenvalue weighted by Crippen LogP contribution is -2.49. The number of anilines is 1. The predicted molar refractivity (Wildman–Crippen MR) is 180 cm³/mol. The molecule has 242 valence electrons. The first-order chi connectivity index (χ1) is 21.5. The maximum atomic E-state index is 13.7. The molecule has 2 heterocycles. The number of amides is 1. The van der Waals surface area contributed by atoms with E-state index in [4.69, 9.17) is 16.3 Å². The van der Waals surface area contributed by atoms with Gasteiger partial charge >= 0.3 is 0 Å². The summed E-state index contributed by atoms with van der Waals surface area (Å²) in [6, 6.07) is 11.4. The zero-order valence-corrected chi connectivity index (χ0v) is 28.0. The third kappa shape index (κ3) is 6.56. The number of carbonyl (C=O) groups is 1. The van der Waals surface area contributed by atoms with Gasteiger partial charge in [-0.3, -0.25) is 4.79 Å². The van der Waals surface area contributed by atoms with E-state index in [-0.39, 0.29) is 28.7 Å². The number of allylic oxidation sites excluding steroid dienone is 3. The van der Waals surface area contributed by atoms with E-state index in [9.17, 15) is 18.3 Å². The minimum absolute atomic E-state index is 0.113. The molecule has 1 amide bonds. The van der Waals surface area contributed by atoms with Crippen LogP contribution in [0.25, 0.3) is 0 Å². The van der Waals surface area contributed by atoms with Gasteiger partial charge in [-0.2, -0.15) is 0 Å². The Morgan fingerprint density at radius 2 is 2.02 bits per heavy atom. The van der Waals surface area contributed by atoms with Crippen LogP contribution in [0.15, 0.2) is 60.2 Å². The highest BCUT2D eigenvalue weighted by Gasteiger charge is 2.44. The summed E-state index contributed by atoms with van der Waals surface area (Å²) in [6.45, 7) is 7.66. The first kappa shape index (κ1) is 32.1. The van der Waals surface area contributed by atoms with Gasteiger partial charge in [0.15, 0.2) is 0 Å². The number of ether oxygens (including phenoxy) is 1. The van der Waals surface area contributed by atoms with Crippen LogP contribution in [-0.4, -0.2) is 50.5 Å². The van der Waals surface area contributed by atoms with Crippen molar-refractivity contribution >= 4 is 33.2 Å². The summed E-state index contributed by atoms with van der Waals surface area (Å²) in [7, 11) is -4.01. The van der Waals surface area contributed by atoms with E-state index in [0.717, 1.165) is 48.4 Å². The molecule has 2 aromatic rings. The summed E-state index contributed by atoms with van der Waals surface area (Å²) in [4.78, 5) is 16.0. The Bertz CT molecular complexity index is 1620. The first-order valence-electron chi connectivity index (χ1n) is 16.3. The second kappa shape index (κ2) is 12.8. The zero-order chi connectivity index (χ0) is 31.9. The number of sulfonamides is 1. The van der Waals surface area contributed by atoms with Gasteiger partial charge in [-0.05, 0) is 118 Å². The molecule has 9 heteroatoms. The normalized spacial score (nSPS) is 31.7. The van der Waals surface area contributed by atoms with Gasteiger partial charge < -0.3 is 14.7 Å². The molecule has 2 bridgehead atoms. The molecule has 6 rings (SSSR count). The standard InChI is InChI=1S/C36H45ClN2O5S/c1-23(2)9-16-34-24(3)6-4-8-32(40)29-13-10-27(29)20-39-21-36(17-5-7-25-18-28(37)12-14-30(25)36)22-44-33-15-11-26(19-31(33)39)35(41)38-45(34,42)43/h4,8-9,11-12,14-15,18-19,24,27,29,32,34,40H,5-7,10,13,16-17,20-22H2,1-3H3,(H,38,41)/b8-4-/t24-,27-,29+,32-,34-,36-/m0/s1. The van der Waals surface area contributed by atoms with Gasteiger partial charge in [0.05, 0.1) is 23.6 Å². The van der Waals surface area contributed by atoms with Crippen LogP contribution in [0.4, 0.5) is 5.69 Å². The van der Waals surface area contributed by atoms with Crippen LogP contribution in [0.3, 0.4) is 0 Å². The molecule has 7 nitrogen and oxygen atoms in total. The predicted octanol–water partition coefficient (Wildman–Crippen LogP) is 6.58. The second-order valence-corrected chi connectivity index (χ2v) is 16.3. The minimum atomic E-state index is -4.01. The number of carbonyl (C=O) groups excluding carboxylic acids is 1. The van der Waals surface area contributed by atoms with Gasteiger partial charge in [-0.25, -0.2) is 13.1 Å². The molecule has 0 radical (unpaired) electrons. The molecule has 1 fully saturated rings. The molecule has 2 aromatic carbocycles. The smallest absolute Gasteiger partial charge is 0.264 e. The molecule has 2 N–H and O–H groups in total. The number of nitrogens with one attached hydrogen (secondary N) is 1. The fraction of sp³-hybridized carbons (Fsp3) is 0.528. The Hall–Kier alpha value is -2.81. The van der Waals surface area contributed by atoms with E-state index in [1.54, 1.807) is 18.2 Å². The largest absolute Gasteiger partial charge is 0.490 e. The van der Waals surface area contributed by atoms with Crippen molar-refractivity contribution in [2.24, 2.45) is 17.8 Å². The lowest BCUT2D eigenvalue weighted by molar-refractivity contribution is 0.0456. The van der Waals surface area contributed by atoms with Crippen molar-refractivity contribution in [3.63, 3.8) is 0 Å². The van der Waals surface area contributed by atoms with Gasteiger partial charge in [0.1, 0.15) is 5.75 Å². The lowest BCUT2D eigenvalue weighted by atomic mass is 9.68. The number of halogens is 1. The van der Waals surface area contributed by atoms with Crippen LogP contribution in [0.2, 0.25) is 5.02 Å². The molecule has 0 saturated heterocycles. The van der Waals surface area contributed by atoms with Crippen molar-refractivity contribution in [1.29, 1.82) is 0 Å². The van der Waals surface area contributed by atoms with E-state index in [2.05, 4.69) is 21.8 Å². The van der Waals surface area contributed by atoms with Crippen molar-refractivity contribution in [2.45, 2.75) is 82.5 Å². The van der Waals surface area contributed by atoms with Crippen molar-refractivity contribution in [3.8, 4) is 5.75 Å². The Morgan fingerprint density at radius 3 is 2.78 bits per heavy atom. The van der Waals surface area contributed by atoms with Crippen LogP contribution in [0.5, 0.6) is 5.75 Å². The molecule has 1 saturated carbocycles. The highest BCUT2D eigenvalue weighted by molar-refractivity contribution is 7.90. The van der Waals surface area contributed by atoms with Gasteiger partial charge in [-0.1, -0.05) is 48.4 Å². The minimum Gasteiger partial charge on any atom is -0.490 e. The molecular formula is C36H45ClN2O5S. The fourth-order valence-corrected chi connectivity index (χ4v) is 9.61. The average molecular weight is 653 g/mol. The summed E-state index contributed by atoms with van der Waals surface area (Å²) in [5.74, 6) is 0.166. The summed E-state index contributed by atoms with van der Waals surface area (Å²) >= 11 is 6.41. The van der Waals surface area contributed by atoms with Gasteiger partial charge in [0.25, 0.3) is 5.91 Å². The monoisotopic (exact) mass is 652 g/mol. The number of rotatable bonds is 2. The molecule has 2 aliphatic heterocycles. The van der Waals surface area contributed by atoms with Gasteiger partial charge in [-0.15, -0.1) is 0 Å². The second-order valence-electron chi connectivity index (χ2n) is 14.0. The highest BCUT2D eigenvalue weighted by atomic mass is 35.5. The van der Waals surface area contributed by atoms with Crippen LogP contribution in [0.1, 0.15) is 80.8 Å². The van der Waals surface area contributed by atoms with Crippen molar-refractivity contribution in [1.82, 2.24) is 4.72 Å². The first-order valence-corrected chi connectivity index (χ1v) is 18.2. The lowest BCUT2D eigenvalue weighted by Gasteiger charge is -2.45. The van der Waals surface area contributed by atoms with Gasteiger partial charge in [0.2, 0.25) is 10.0 Å². The maximum Gasteiger partial charge on any atom is 0.264 e. The molecule has 45 heavy (non-hydrogen) atoms. The molecule has 0 aromatic heterocycles. The van der Waals surface area contributed by atoms with Crippen LogP contribution >= 0.6 is 11.6 Å². The van der Waals surface area contributed by atoms with Crippen LogP contribution in [-0.2, 0) is 21.9 Å². The number of aliphatic hydroxyl groups is 1. The molecule has 6 atom stereocenters. The zero-order valence-electron chi connectivity index (χ0n) is 26.5. The number of aryl methyl sites for hydroxylation is 1. The third-order valence-electron chi connectivity index (χ3n) is 10.5. The Morgan fingerprint density at radius 1 is 1.20 bits per heavy atom. The molecule has 4 aliphatic rings. The van der Waals surface area contributed by atoms with Crippen molar-refractivity contribution in [2.75, 3.05) is 24.6 Å². The summed E-state index contributed by atoms with van der Waals surface area (Å²) in [6.07, 6.45) is 10.8. The Balaban J connectivity index is 1.41. The van der Waals surface area contributed by atoms with Crippen molar-refractivity contribution < 1.29 is 23.1 Å². The van der Waals surface area contributed by atoms with E-state index in [1.165, 1.54) is 11.1 Å². The maximum absolute atomic E-state index is 13.7. The summed E-state index contributed by atoms with van der Waals surface area (Å²) in [5, 5.41) is 11.2. The van der Waals surface area contributed by atoms with Crippen molar-refractivity contribution in [3.05, 3.63) is 81.9 Å².